The zero-order chi connectivity index (χ0) is 19.8. The summed E-state index contributed by atoms with van der Waals surface area (Å²) in [7, 11) is -4.25. The lowest BCUT2D eigenvalue weighted by Crippen LogP contribution is -2.30. The van der Waals surface area contributed by atoms with Gasteiger partial charge in [0.1, 0.15) is 30.3 Å². The first-order valence-corrected chi connectivity index (χ1v) is 9.66. The lowest BCUT2D eigenvalue weighted by Gasteiger charge is -2.18. The fourth-order valence-corrected chi connectivity index (χ4v) is 3.89. The van der Waals surface area contributed by atoms with Crippen LogP contribution in [0.3, 0.4) is 0 Å². The molecule has 1 saturated heterocycles. The Morgan fingerprint density at radius 3 is 2.67 bits per heavy atom. The van der Waals surface area contributed by atoms with Crippen LogP contribution in [0.5, 0.6) is 11.5 Å². The van der Waals surface area contributed by atoms with Crippen LogP contribution in [0.4, 0.5) is 10.1 Å². The number of nitrogens with zero attached hydrogens (tertiary/aromatic N) is 1. The molecule has 2 aromatic rings. The summed E-state index contributed by atoms with van der Waals surface area (Å²) in [4.78, 5) is 11.4. The van der Waals surface area contributed by atoms with Crippen molar-refractivity contribution < 1.29 is 32.2 Å². The molecule has 0 aromatic heterocycles. The number of amides is 1. The van der Waals surface area contributed by atoms with Gasteiger partial charge in [-0.2, -0.15) is 8.42 Å². The van der Waals surface area contributed by atoms with Crippen molar-refractivity contribution in [3.05, 3.63) is 30.1 Å². The van der Waals surface area contributed by atoms with Crippen LogP contribution in [0.2, 0.25) is 0 Å². The van der Waals surface area contributed by atoms with Crippen LogP contribution >= 0.6 is 0 Å². The number of aromatic hydroxyl groups is 1. The van der Waals surface area contributed by atoms with Crippen molar-refractivity contribution in [1.29, 1.82) is 0 Å². The number of carbonyl (C=O) groups excluding carboxylic acids is 1. The summed E-state index contributed by atoms with van der Waals surface area (Å²) in [6, 6.07) is 5.79. The molecule has 0 spiro atoms. The summed E-state index contributed by atoms with van der Waals surface area (Å²) in [5.41, 5.74) is -0.582. The zero-order valence-corrected chi connectivity index (χ0v) is 15.5. The molecule has 1 aliphatic rings. The van der Waals surface area contributed by atoms with Crippen molar-refractivity contribution in [2.24, 2.45) is 0 Å². The first-order chi connectivity index (χ1) is 12.7. The lowest BCUT2D eigenvalue weighted by atomic mass is 10.1. The highest BCUT2D eigenvalue weighted by atomic mass is 32.2. The number of fused-ring (bicyclic) bond motifs is 1. The summed E-state index contributed by atoms with van der Waals surface area (Å²) in [6.07, 6.45) is 0.0620. The van der Waals surface area contributed by atoms with Gasteiger partial charge in [-0.05, 0) is 37.4 Å². The number of benzene rings is 2. The number of hydrogen-bond acceptors (Lipinski definition) is 6. The molecule has 2 N–H and O–H groups in total. The Balaban J connectivity index is 1.95. The minimum absolute atomic E-state index is 0.0552. The minimum Gasteiger partial charge on any atom is -0.506 e. The van der Waals surface area contributed by atoms with Crippen molar-refractivity contribution in [3.8, 4) is 11.5 Å². The van der Waals surface area contributed by atoms with E-state index in [4.69, 9.17) is 9.47 Å². The van der Waals surface area contributed by atoms with E-state index in [9.17, 15) is 18.3 Å². The lowest BCUT2D eigenvalue weighted by molar-refractivity contribution is -0.117. The van der Waals surface area contributed by atoms with E-state index in [1.807, 2.05) is 13.8 Å². The maximum Gasteiger partial charge on any atom is 0.326 e. The second kappa shape index (κ2) is 7.20. The van der Waals surface area contributed by atoms with E-state index in [1.54, 1.807) is 16.9 Å². The molecule has 0 aliphatic carbocycles. The molecule has 0 atom stereocenters. The van der Waals surface area contributed by atoms with Gasteiger partial charge in [0.2, 0.25) is 0 Å². The maximum atomic E-state index is 15.0. The molecule has 1 heterocycles. The SMILES string of the molecule is CC(C)OCCOc1ccc2cc(O)c(N3CC(=O)NS3(=O)=O)c(F)c2c1. The van der Waals surface area contributed by atoms with Gasteiger partial charge < -0.3 is 14.6 Å². The molecule has 0 unspecified atom stereocenters. The van der Waals surface area contributed by atoms with Gasteiger partial charge in [-0.3, -0.25) is 4.79 Å². The van der Waals surface area contributed by atoms with Gasteiger partial charge >= 0.3 is 10.2 Å². The summed E-state index contributed by atoms with van der Waals surface area (Å²) in [5.74, 6) is -1.99. The number of phenols is 1. The molecule has 27 heavy (non-hydrogen) atoms. The van der Waals surface area contributed by atoms with E-state index in [2.05, 4.69) is 0 Å². The van der Waals surface area contributed by atoms with Crippen molar-refractivity contribution >= 4 is 32.6 Å². The third kappa shape index (κ3) is 3.91. The quantitative estimate of drug-likeness (QED) is 0.717. The largest absolute Gasteiger partial charge is 0.506 e. The normalized spacial score (nSPS) is 16.1. The predicted molar refractivity (Wildman–Crippen MR) is 96.6 cm³/mol. The molecule has 146 valence electrons. The average Bonchev–Trinajstić information content (AvgIpc) is 2.84. The topological polar surface area (TPSA) is 105 Å². The van der Waals surface area contributed by atoms with Crippen molar-refractivity contribution in [2.45, 2.75) is 20.0 Å². The zero-order valence-electron chi connectivity index (χ0n) is 14.7. The third-order valence-corrected chi connectivity index (χ3v) is 5.25. The second-order valence-corrected chi connectivity index (χ2v) is 7.84. The summed E-state index contributed by atoms with van der Waals surface area (Å²) < 4.78 is 52.1. The second-order valence-electron chi connectivity index (χ2n) is 6.25. The smallest absolute Gasteiger partial charge is 0.326 e. The van der Waals surface area contributed by atoms with E-state index in [1.165, 1.54) is 12.1 Å². The maximum absolute atomic E-state index is 15.0. The van der Waals surface area contributed by atoms with E-state index in [0.29, 0.717) is 22.0 Å². The Labute approximate surface area is 155 Å². The van der Waals surface area contributed by atoms with Crippen molar-refractivity contribution in [1.82, 2.24) is 4.72 Å². The standard InChI is InChI=1S/C17H19FN2O6S/c1-10(2)25-5-6-26-12-4-3-11-7-14(21)17(16(18)13(11)8-12)20-9-15(22)19-27(20,23)24/h3-4,7-8,10,21H,5-6,9H2,1-2H3,(H,19,22). The van der Waals surface area contributed by atoms with Gasteiger partial charge in [-0.25, -0.2) is 13.4 Å². The number of hydrogen-bond donors (Lipinski definition) is 2. The molecule has 2 aromatic carbocycles. The van der Waals surface area contributed by atoms with E-state index in [0.717, 1.165) is 0 Å². The first kappa shape index (κ1) is 19.2. The molecule has 1 fully saturated rings. The van der Waals surface area contributed by atoms with Gasteiger partial charge in [0.25, 0.3) is 5.91 Å². The number of halogens is 1. The number of rotatable bonds is 6. The minimum atomic E-state index is -4.25. The highest BCUT2D eigenvalue weighted by Crippen LogP contribution is 2.39. The van der Waals surface area contributed by atoms with Gasteiger partial charge in [0.05, 0.1) is 12.7 Å². The Kier molecular flexibility index (Phi) is 5.11. The van der Waals surface area contributed by atoms with Gasteiger partial charge in [-0.15, -0.1) is 0 Å². The Bertz CT molecular complexity index is 993. The van der Waals surface area contributed by atoms with Crippen LogP contribution in [0.15, 0.2) is 24.3 Å². The number of carbonyl (C=O) groups is 1. The molecule has 10 heteroatoms. The van der Waals surface area contributed by atoms with Crippen molar-refractivity contribution in [2.75, 3.05) is 24.1 Å². The van der Waals surface area contributed by atoms with Crippen molar-refractivity contribution in [3.63, 3.8) is 0 Å². The van der Waals surface area contributed by atoms with Crippen LogP contribution in [0, 0.1) is 5.82 Å². The van der Waals surface area contributed by atoms with Crippen LogP contribution in [-0.2, 0) is 19.7 Å². The average molecular weight is 398 g/mol. The summed E-state index contributed by atoms with van der Waals surface area (Å²) >= 11 is 0. The van der Waals surface area contributed by atoms with Gasteiger partial charge in [-0.1, -0.05) is 6.07 Å². The Morgan fingerprint density at radius 2 is 2.04 bits per heavy atom. The van der Waals surface area contributed by atoms with Crippen LogP contribution in [0.25, 0.3) is 10.8 Å². The van der Waals surface area contributed by atoms with E-state index >= 15 is 4.39 Å². The fraction of sp³-hybridized carbons (Fsp3) is 0.353. The highest BCUT2D eigenvalue weighted by molar-refractivity contribution is 7.92. The molecular weight excluding hydrogens is 379 g/mol. The van der Waals surface area contributed by atoms with Crippen LogP contribution in [0.1, 0.15) is 13.8 Å². The highest BCUT2D eigenvalue weighted by Gasteiger charge is 2.37. The molecule has 8 nitrogen and oxygen atoms in total. The molecule has 0 bridgehead atoms. The molecule has 0 radical (unpaired) electrons. The molecule has 1 aliphatic heterocycles. The number of phenolic OH excluding ortho intramolecular Hbond substituents is 1. The van der Waals surface area contributed by atoms with E-state index < -0.39 is 39.9 Å². The number of anilines is 1. The van der Waals surface area contributed by atoms with Gasteiger partial charge in [0, 0.05) is 5.39 Å². The Morgan fingerprint density at radius 1 is 1.30 bits per heavy atom. The van der Waals surface area contributed by atoms with Crippen LogP contribution in [-0.4, -0.2) is 45.3 Å². The third-order valence-electron chi connectivity index (χ3n) is 3.88. The Hall–Kier alpha value is -2.59. The van der Waals surface area contributed by atoms with Gasteiger partial charge in [0.15, 0.2) is 5.82 Å². The van der Waals surface area contributed by atoms with Crippen LogP contribution < -0.4 is 13.8 Å². The molecule has 1 amide bonds. The summed E-state index contributed by atoms with van der Waals surface area (Å²) in [5, 5.41) is 10.5. The molecule has 3 rings (SSSR count). The monoisotopic (exact) mass is 398 g/mol. The number of nitrogens with one attached hydrogen (secondary N) is 1. The molecular formula is C17H19FN2O6S. The summed E-state index contributed by atoms with van der Waals surface area (Å²) in [6.45, 7) is 3.80. The van der Waals surface area contributed by atoms with E-state index in [-0.39, 0.29) is 18.1 Å². The first-order valence-electron chi connectivity index (χ1n) is 8.22. The predicted octanol–water partition coefficient (Wildman–Crippen LogP) is 1.67. The number of ether oxygens (including phenoxy) is 2. The molecule has 0 saturated carbocycles. The fourth-order valence-electron chi connectivity index (χ4n) is 2.72.